The lowest BCUT2D eigenvalue weighted by atomic mass is 10.0. The van der Waals surface area contributed by atoms with Gasteiger partial charge in [-0.2, -0.15) is 0 Å². The molecule has 0 fully saturated rings. The number of anilines is 3. The topological polar surface area (TPSA) is 107 Å². The third kappa shape index (κ3) is 4.42. The molecule has 3 N–H and O–H groups in total. The van der Waals surface area contributed by atoms with Crippen molar-refractivity contribution in [1.82, 2.24) is 9.88 Å². The summed E-state index contributed by atoms with van der Waals surface area (Å²) in [4.78, 5) is 9.91. The van der Waals surface area contributed by atoms with Gasteiger partial charge in [-0.05, 0) is 31.0 Å². The zero-order chi connectivity index (χ0) is 21.3. The van der Waals surface area contributed by atoms with Gasteiger partial charge < -0.3 is 15.3 Å². The SMILES string of the molecule is CCCS(=O)(=O)Nc1ncc(Cl)c(Nc2ccc3c(c2C)C(O)N(C)C=N3)c1Cl. The van der Waals surface area contributed by atoms with Crippen LogP contribution in [0.2, 0.25) is 10.0 Å². The number of aliphatic imine (C=N–C) groups is 1. The minimum Gasteiger partial charge on any atom is -0.369 e. The molecular formula is C18H21Cl2N5O3S. The molecule has 1 aromatic heterocycles. The van der Waals surface area contributed by atoms with E-state index >= 15 is 0 Å². The summed E-state index contributed by atoms with van der Waals surface area (Å²) >= 11 is 12.7. The summed E-state index contributed by atoms with van der Waals surface area (Å²) < 4.78 is 26.5. The first-order chi connectivity index (χ1) is 13.6. The molecule has 2 heterocycles. The maximum atomic E-state index is 12.1. The number of sulfonamides is 1. The molecule has 0 bridgehead atoms. The van der Waals surface area contributed by atoms with Gasteiger partial charge in [0, 0.05) is 18.3 Å². The van der Waals surface area contributed by atoms with Crippen molar-refractivity contribution >= 4 is 62.4 Å². The van der Waals surface area contributed by atoms with E-state index in [0.29, 0.717) is 29.0 Å². The van der Waals surface area contributed by atoms with Gasteiger partial charge >= 0.3 is 0 Å². The number of aromatic nitrogens is 1. The number of halogens is 2. The Bertz CT molecular complexity index is 1080. The monoisotopic (exact) mass is 457 g/mol. The number of pyridine rings is 1. The van der Waals surface area contributed by atoms with E-state index in [1.54, 1.807) is 37.3 Å². The van der Waals surface area contributed by atoms with Crippen molar-refractivity contribution in [2.45, 2.75) is 26.5 Å². The minimum atomic E-state index is -3.57. The van der Waals surface area contributed by atoms with E-state index in [-0.39, 0.29) is 21.6 Å². The van der Waals surface area contributed by atoms with E-state index in [9.17, 15) is 13.5 Å². The molecule has 0 radical (unpaired) electrons. The number of nitrogens with zero attached hydrogens (tertiary/aromatic N) is 3. The molecule has 1 aliphatic heterocycles. The van der Waals surface area contributed by atoms with Gasteiger partial charge in [0.25, 0.3) is 0 Å². The second kappa shape index (κ2) is 8.35. The molecule has 1 aliphatic rings. The average molecular weight is 458 g/mol. The Morgan fingerprint density at radius 3 is 2.72 bits per heavy atom. The highest BCUT2D eigenvalue weighted by atomic mass is 35.5. The number of fused-ring (bicyclic) bond motifs is 1. The van der Waals surface area contributed by atoms with Gasteiger partial charge in [0.1, 0.15) is 5.02 Å². The predicted octanol–water partition coefficient (Wildman–Crippen LogP) is 4.19. The fraction of sp³-hybridized carbons (Fsp3) is 0.333. The number of nitrogens with one attached hydrogen (secondary N) is 2. The quantitative estimate of drug-likeness (QED) is 0.600. The van der Waals surface area contributed by atoms with Gasteiger partial charge in [-0.25, -0.2) is 18.4 Å². The summed E-state index contributed by atoms with van der Waals surface area (Å²) in [5, 5.41) is 13.9. The molecule has 3 rings (SSSR count). The van der Waals surface area contributed by atoms with Gasteiger partial charge in [0.2, 0.25) is 10.0 Å². The van der Waals surface area contributed by atoms with Crippen LogP contribution in [0.25, 0.3) is 0 Å². The van der Waals surface area contributed by atoms with Crippen LogP contribution in [-0.2, 0) is 10.0 Å². The van der Waals surface area contributed by atoms with Gasteiger partial charge in [0.15, 0.2) is 12.0 Å². The molecule has 0 aliphatic carbocycles. The number of hydrogen-bond acceptors (Lipinski definition) is 7. The van der Waals surface area contributed by atoms with E-state index in [1.807, 2.05) is 6.92 Å². The van der Waals surface area contributed by atoms with Crippen molar-refractivity contribution in [3.63, 3.8) is 0 Å². The Morgan fingerprint density at radius 1 is 1.31 bits per heavy atom. The van der Waals surface area contributed by atoms with Crippen LogP contribution < -0.4 is 10.0 Å². The van der Waals surface area contributed by atoms with Crippen LogP contribution in [-0.4, -0.2) is 42.5 Å². The normalized spacial score (nSPS) is 15.9. The van der Waals surface area contributed by atoms with Crippen molar-refractivity contribution in [1.29, 1.82) is 0 Å². The molecule has 1 atom stereocenters. The molecule has 0 spiro atoms. The van der Waals surface area contributed by atoms with Gasteiger partial charge in [-0.1, -0.05) is 30.1 Å². The minimum absolute atomic E-state index is 0.00741. The number of aliphatic hydroxyl groups is 1. The molecule has 0 saturated carbocycles. The second-order valence-corrected chi connectivity index (χ2v) is 9.27. The molecule has 0 saturated heterocycles. The van der Waals surface area contributed by atoms with Crippen molar-refractivity contribution in [2.75, 3.05) is 22.8 Å². The molecule has 0 amide bonds. The Labute approximate surface area is 179 Å². The highest BCUT2D eigenvalue weighted by Gasteiger charge is 2.24. The Hall–Kier alpha value is -2.07. The Balaban J connectivity index is 1.99. The predicted molar refractivity (Wildman–Crippen MR) is 117 cm³/mol. The van der Waals surface area contributed by atoms with E-state index in [0.717, 1.165) is 5.56 Å². The summed E-state index contributed by atoms with van der Waals surface area (Å²) in [6, 6.07) is 3.56. The third-order valence-corrected chi connectivity index (χ3v) is 6.58. The molecule has 29 heavy (non-hydrogen) atoms. The summed E-state index contributed by atoms with van der Waals surface area (Å²) in [5.41, 5.74) is 3.04. The van der Waals surface area contributed by atoms with E-state index in [2.05, 4.69) is 20.0 Å². The lowest BCUT2D eigenvalue weighted by Gasteiger charge is -2.29. The molecule has 8 nitrogen and oxygen atoms in total. The smallest absolute Gasteiger partial charge is 0.233 e. The Kier molecular flexibility index (Phi) is 6.23. The van der Waals surface area contributed by atoms with Gasteiger partial charge in [-0.3, -0.25) is 4.72 Å². The summed E-state index contributed by atoms with van der Waals surface area (Å²) in [6.07, 6.45) is 2.49. The maximum Gasteiger partial charge on any atom is 0.233 e. The van der Waals surface area contributed by atoms with Crippen LogP contribution in [0.5, 0.6) is 0 Å². The third-order valence-electron chi connectivity index (χ3n) is 4.47. The van der Waals surface area contributed by atoms with Crippen molar-refractivity contribution < 1.29 is 13.5 Å². The van der Waals surface area contributed by atoms with Crippen LogP contribution in [0.3, 0.4) is 0 Å². The molecular weight excluding hydrogens is 437 g/mol. The van der Waals surface area contributed by atoms with Crippen LogP contribution in [0.15, 0.2) is 23.3 Å². The molecule has 1 aromatic carbocycles. The van der Waals surface area contributed by atoms with E-state index in [4.69, 9.17) is 23.2 Å². The van der Waals surface area contributed by atoms with Gasteiger partial charge in [-0.15, -0.1) is 0 Å². The van der Waals surface area contributed by atoms with Crippen LogP contribution >= 0.6 is 23.2 Å². The molecule has 156 valence electrons. The van der Waals surface area contributed by atoms with Crippen molar-refractivity contribution in [2.24, 2.45) is 4.99 Å². The first-order valence-corrected chi connectivity index (χ1v) is 11.2. The lowest BCUT2D eigenvalue weighted by Crippen LogP contribution is -2.26. The number of rotatable bonds is 6. The molecule has 2 aromatic rings. The Morgan fingerprint density at radius 2 is 2.03 bits per heavy atom. The van der Waals surface area contributed by atoms with Crippen molar-refractivity contribution in [3.8, 4) is 0 Å². The van der Waals surface area contributed by atoms with Crippen LogP contribution in [0.1, 0.15) is 30.7 Å². The number of aliphatic hydroxyl groups excluding tert-OH is 1. The average Bonchev–Trinajstić information content (AvgIpc) is 2.65. The lowest BCUT2D eigenvalue weighted by molar-refractivity contribution is 0.0704. The zero-order valence-corrected chi connectivity index (χ0v) is 18.4. The highest BCUT2D eigenvalue weighted by molar-refractivity contribution is 7.92. The molecule has 11 heteroatoms. The molecule has 1 unspecified atom stereocenters. The number of hydrogen-bond donors (Lipinski definition) is 3. The van der Waals surface area contributed by atoms with Gasteiger partial charge in [0.05, 0.1) is 34.7 Å². The summed E-state index contributed by atoms with van der Waals surface area (Å²) in [6.45, 7) is 3.60. The fourth-order valence-electron chi connectivity index (χ4n) is 2.96. The zero-order valence-electron chi connectivity index (χ0n) is 16.1. The largest absolute Gasteiger partial charge is 0.369 e. The van der Waals surface area contributed by atoms with E-state index < -0.39 is 16.3 Å². The maximum absolute atomic E-state index is 12.1. The van der Waals surface area contributed by atoms with Crippen LogP contribution in [0, 0.1) is 6.92 Å². The number of benzene rings is 1. The van der Waals surface area contributed by atoms with Crippen molar-refractivity contribution in [3.05, 3.63) is 39.5 Å². The summed E-state index contributed by atoms with van der Waals surface area (Å²) in [7, 11) is -1.84. The highest BCUT2D eigenvalue weighted by Crippen LogP contribution is 2.41. The second-order valence-electron chi connectivity index (χ2n) is 6.64. The summed E-state index contributed by atoms with van der Waals surface area (Å²) in [5.74, 6) is -0.0568. The fourth-order valence-corrected chi connectivity index (χ4v) is 4.59. The van der Waals surface area contributed by atoms with E-state index in [1.165, 1.54) is 6.20 Å². The standard InChI is InChI=1S/C18H21Cl2N5O3S/c1-4-7-29(27,28)24-17-15(20)16(11(19)8-21-17)23-12-5-6-13-14(10(12)2)18(26)25(3)9-22-13/h5-6,8-9,18,26H,4,7H2,1-3H3,(H2,21,23,24). The first-order valence-electron chi connectivity index (χ1n) is 8.83. The van der Waals surface area contributed by atoms with Crippen LogP contribution in [0.4, 0.5) is 22.9 Å². The first kappa shape index (κ1) is 21.6.